The molecular formula is C17H18FNO3. The highest BCUT2D eigenvalue weighted by Crippen LogP contribution is 2.12. The van der Waals surface area contributed by atoms with Crippen LogP contribution in [0.2, 0.25) is 0 Å². The first-order valence-corrected chi connectivity index (χ1v) is 7.06. The van der Waals surface area contributed by atoms with Gasteiger partial charge in [0.05, 0.1) is 0 Å². The van der Waals surface area contributed by atoms with Crippen molar-refractivity contribution in [2.45, 2.75) is 12.8 Å². The van der Waals surface area contributed by atoms with Crippen LogP contribution in [0, 0.1) is 5.82 Å². The molecule has 0 spiro atoms. The Balaban J connectivity index is 1.63. The number of hydrogen-bond acceptors (Lipinski definition) is 3. The van der Waals surface area contributed by atoms with Gasteiger partial charge >= 0.3 is 0 Å². The summed E-state index contributed by atoms with van der Waals surface area (Å²) in [5.74, 6) is -0.0795. The molecule has 1 amide bonds. The topological polar surface area (TPSA) is 58.6 Å². The molecule has 0 atom stereocenters. The van der Waals surface area contributed by atoms with Crippen molar-refractivity contribution in [1.82, 2.24) is 5.32 Å². The predicted octanol–water partition coefficient (Wildman–Crippen LogP) is 2.66. The van der Waals surface area contributed by atoms with Crippen molar-refractivity contribution in [3.05, 3.63) is 59.9 Å². The van der Waals surface area contributed by atoms with Gasteiger partial charge in [0, 0.05) is 12.6 Å². The maximum Gasteiger partial charge on any atom is 0.257 e. The summed E-state index contributed by atoms with van der Waals surface area (Å²) in [5.41, 5.74) is 1.02. The third-order valence-electron chi connectivity index (χ3n) is 3.04. The van der Waals surface area contributed by atoms with Gasteiger partial charge in [-0.3, -0.25) is 4.79 Å². The van der Waals surface area contributed by atoms with Crippen LogP contribution in [0.3, 0.4) is 0 Å². The first kappa shape index (κ1) is 15.8. The molecule has 2 N–H and O–H groups in total. The van der Waals surface area contributed by atoms with E-state index in [9.17, 15) is 14.3 Å². The molecule has 2 rings (SSSR count). The van der Waals surface area contributed by atoms with Gasteiger partial charge in [-0.25, -0.2) is 4.39 Å². The lowest BCUT2D eigenvalue weighted by Gasteiger charge is -2.07. The molecule has 0 heterocycles. The second-order valence-corrected chi connectivity index (χ2v) is 4.87. The number of nitrogens with one attached hydrogen (secondary N) is 1. The maximum atomic E-state index is 12.9. The summed E-state index contributed by atoms with van der Waals surface area (Å²) in [4.78, 5) is 11.6. The number of phenols is 1. The molecule has 22 heavy (non-hydrogen) atoms. The average molecular weight is 303 g/mol. The molecule has 0 aromatic heterocycles. The lowest BCUT2D eigenvalue weighted by atomic mass is 10.1. The normalized spacial score (nSPS) is 10.2. The van der Waals surface area contributed by atoms with Crippen LogP contribution in [-0.2, 0) is 11.2 Å². The number of halogens is 1. The van der Waals surface area contributed by atoms with Crippen LogP contribution in [0.1, 0.15) is 12.0 Å². The van der Waals surface area contributed by atoms with Crippen molar-refractivity contribution in [1.29, 1.82) is 0 Å². The Bertz CT molecular complexity index is 631. The zero-order chi connectivity index (χ0) is 15.8. The van der Waals surface area contributed by atoms with Crippen molar-refractivity contribution in [2.75, 3.05) is 13.2 Å². The van der Waals surface area contributed by atoms with E-state index in [1.165, 1.54) is 18.2 Å². The Hall–Kier alpha value is -2.56. The number of carbonyl (C=O) groups excluding carboxylic acids is 1. The number of benzene rings is 2. The number of amides is 1. The fourth-order valence-corrected chi connectivity index (χ4v) is 1.99. The molecule has 0 saturated heterocycles. The molecule has 0 aliphatic carbocycles. The second-order valence-electron chi connectivity index (χ2n) is 4.87. The average Bonchev–Trinajstić information content (AvgIpc) is 2.50. The van der Waals surface area contributed by atoms with Crippen LogP contribution in [0.15, 0.2) is 48.5 Å². The first-order valence-electron chi connectivity index (χ1n) is 7.06. The Kier molecular flexibility index (Phi) is 5.77. The largest absolute Gasteiger partial charge is 0.508 e. The van der Waals surface area contributed by atoms with Gasteiger partial charge in [-0.05, 0) is 42.7 Å². The Morgan fingerprint density at radius 3 is 2.77 bits per heavy atom. The lowest BCUT2D eigenvalue weighted by molar-refractivity contribution is -0.123. The minimum absolute atomic E-state index is 0.143. The molecule has 0 unspecified atom stereocenters. The van der Waals surface area contributed by atoms with Crippen LogP contribution >= 0.6 is 0 Å². The molecule has 116 valence electrons. The van der Waals surface area contributed by atoms with Gasteiger partial charge in [0.25, 0.3) is 5.91 Å². The van der Waals surface area contributed by atoms with Crippen molar-refractivity contribution >= 4 is 5.91 Å². The third-order valence-corrected chi connectivity index (χ3v) is 3.04. The summed E-state index contributed by atoms with van der Waals surface area (Å²) < 4.78 is 18.1. The van der Waals surface area contributed by atoms with E-state index in [-0.39, 0.29) is 18.3 Å². The zero-order valence-corrected chi connectivity index (χ0v) is 12.1. The van der Waals surface area contributed by atoms with Crippen LogP contribution in [0.5, 0.6) is 11.5 Å². The summed E-state index contributed by atoms with van der Waals surface area (Å²) in [6.07, 6.45) is 1.52. The minimum atomic E-state index is -0.399. The highest BCUT2D eigenvalue weighted by atomic mass is 19.1. The van der Waals surface area contributed by atoms with Crippen molar-refractivity contribution in [2.24, 2.45) is 0 Å². The fraction of sp³-hybridized carbons (Fsp3) is 0.235. The minimum Gasteiger partial charge on any atom is -0.508 e. The Morgan fingerprint density at radius 2 is 2.00 bits per heavy atom. The van der Waals surface area contributed by atoms with E-state index in [1.807, 2.05) is 6.07 Å². The van der Waals surface area contributed by atoms with E-state index in [0.717, 1.165) is 18.4 Å². The van der Waals surface area contributed by atoms with Crippen molar-refractivity contribution in [3.8, 4) is 11.5 Å². The van der Waals surface area contributed by atoms with Gasteiger partial charge in [-0.1, -0.05) is 18.2 Å². The van der Waals surface area contributed by atoms with Crippen LogP contribution < -0.4 is 10.1 Å². The summed E-state index contributed by atoms with van der Waals surface area (Å²) in [5, 5.41) is 12.1. The summed E-state index contributed by atoms with van der Waals surface area (Å²) in [7, 11) is 0. The lowest BCUT2D eigenvalue weighted by Crippen LogP contribution is -2.29. The van der Waals surface area contributed by atoms with Gasteiger partial charge in [0.1, 0.15) is 17.3 Å². The number of phenolic OH excluding ortho intramolecular Hbond substituents is 1. The van der Waals surface area contributed by atoms with Crippen LogP contribution in [0.25, 0.3) is 0 Å². The van der Waals surface area contributed by atoms with Gasteiger partial charge < -0.3 is 15.2 Å². The van der Waals surface area contributed by atoms with Gasteiger partial charge in [-0.15, -0.1) is 0 Å². The summed E-state index contributed by atoms with van der Waals surface area (Å²) in [6.45, 7) is 0.372. The van der Waals surface area contributed by atoms with Crippen LogP contribution in [0.4, 0.5) is 4.39 Å². The molecule has 2 aromatic rings. The molecule has 5 heteroatoms. The Labute approximate surface area is 128 Å². The molecule has 0 saturated carbocycles. The highest BCUT2D eigenvalue weighted by Gasteiger charge is 2.03. The van der Waals surface area contributed by atoms with Gasteiger partial charge in [0.2, 0.25) is 0 Å². The molecule has 0 radical (unpaired) electrons. The third kappa shape index (κ3) is 5.44. The van der Waals surface area contributed by atoms with Gasteiger partial charge in [0.15, 0.2) is 6.61 Å². The molecular weight excluding hydrogens is 285 g/mol. The van der Waals surface area contributed by atoms with Crippen LogP contribution in [-0.4, -0.2) is 24.2 Å². The molecule has 0 aliphatic heterocycles. The second kappa shape index (κ2) is 8.02. The van der Waals surface area contributed by atoms with E-state index < -0.39 is 5.82 Å². The number of hydrogen-bond donors (Lipinski definition) is 2. The zero-order valence-electron chi connectivity index (χ0n) is 12.1. The number of aryl methyl sites for hydroxylation is 1. The molecule has 0 fully saturated rings. The van der Waals surface area contributed by atoms with E-state index >= 15 is 0 Å². The monoisotopic (exact) mass is 303 g/mol. The molecule has 4 nitrogen and oxygen atoms in total. The fourth-order valence-electron chi connectivity index (χ4n) is 1.99. The van der Waals surface area contributed by atoms with E-state index in [1.54, 1.807) is 24.3 Å². The van der Waals surface area contributed by atoms with Gasteiger partial charge in [-0.2, -0.15) is 0 Å². The molecule has 0 aliphatic rings. The molecule has 2 aromatic carbocycles. The van der Waals surface area contributed by atoms with Crippen molar-refractivity contribution in [3.63, 3.8) is 0 Å². The SMILES string of the molecule is O=C(COc1cccc(F)c1)NCCCc1cccc(O)c1. The Morgan fingerprint density at radius 1 is 1.18 bits per heavy atom. The predicted molar refractivity (Wildman–Crippen MR) is 81.3 cm³/mol. The maximum absolute atomic E-state index is 12.9. The number of carbonyl (C=O) groups is 1. The highest BCUT2D eigenvalue weighted by molar-refractivity contribution is 5.77. The first-order chi connectivity index (χ1) is 10.6. The van der Waals surface area contributed by atoms with E-state index in [4.69, 9.17) is 4.74 Å². The van der Waals surface area contributed by atoms with E-state index in [0.29, 0.717) is 12.3 Å². The quantitative estimate of drug-likeness (QED) is 0.773. The standard InChI is InChI=1S/C17H18FNO3/c18-14-6-2-8-16(11-14)22-12-17(21)19-9-3-5-13-4-1-7-15(20)10-13/h1-2,4,6-8,10-11,20H,3,5,9,12H2,(H,19,21). The van der Waals surface area contributed by atoms with Crippen molar-refractivity contribution < 1.29 is 19.0 Å². The summed E-state index contributed by atoms with van der Waals surface area (Å²) >= 11 is 0. The number of aromatic hydroxyl groups is 1. The number of ether oxygens (including phenoxy) is 1. The molecule has 0 bridgehead atoms. The smallest absolute Gasteiger partial charge is 0.257 e. The van der Waals surface area contributed by atoms with E-state index in [2.05, 4.69) is 5.32 Å². The summed E-state index contributed by atoms with van der Waals surface area (Å²) in [6, 6.07) is 12.7. The number of rotatable bonds is 7.